The van der Waals surface area contributed by atoms with Crippen LogP contribution in [0.3, 0.4) is 0 Å². The largest absolute Gasteiger partial charge is 0.389 e. The third-order valence-electron chi connectivity index (χ3n) is 4.44. The molecule has 0 amide bonds. The fourth-order valence-corrected chi connectivity index (χ4v) is 4.23. The molecule has 0 radical (unpaired) electrons. The smallest absolute Gasteiger partial charge is 0.179 e. The van der Waals surface area contributed by atoms with Crippen molar-refractivity contribution >= 4 is 15.5 Å². The van der Waals surface area contributed by atoms with E-state index < -0.39 is 9.84 Å². The van der Waals surface area contributed by atoms with Gasteiger partial charge in [0.2, 0.25) is 0 Å². The summed E-state index contributed by atoms with van der Waals surface area (Å²) in [7, 11) is -3.27. The molecule has 1 aromatic rings. The number of sulfone groups is 1. The molecule has 21 heavy (non-hydrogen) atoms. The number of aromatic nitrogens is 1. The lowest BCUT2D eigenvalue weighted by Gasteiger charge is -2.19. The number of oxime groups is 1. The van der Waals surface area contributed by atoms with E-state index >= 15 is 0 Å². The lowest BCUT2D eigenvalue weighted by Crippen LogP contribution is -2.24. The normalized spacial score (nSPS) is 20.6. The van der Waals surface area contributed by atoms with Crippen molar-refractivity contribution in [3.05, 3.63) is 23.5 Å². The van der Waals surface area contributed by atoms with E-state index in [9.17, 15) is 8.42 Å². The van der Waals surface area contributed by atoms with Crippen molar-refractivity contribution in [2.24, 2.45) is 5.16 Å². The highest BCUT2D eigenvalue weighted by Crippen LogP contribution is 2.40. The van der Waals surface area contributed by atoms with Gasteiger partial charge in [0, 0.05) is 18.2 Å². The van der Waals surface area contributed by atoms with Crippen LogP contribution in [-0.4, -0.2) is 30.5 Å². The Labute approximate surface area is 125 Å². The van der Waals surface area contributed by atoms with Crippen molar-refractivity contribution in [1.29, 1.82) is 0 Å². The minimum absolute atomic E-state index is 0.0753. The number of nitrogens with zero attached hydrogens (tertiary/aromatic N) is 2. The van der Waals surface area contributed by atoms with Crippen molar-refractivity contribution < 1.29 is 13.3 Å². The third kappa shape index (κ3) is 2.57. The van der Waals surface area contributed by atoms with Crippen LogP contribution in [-0.2, 0) is 14.7 Å². The zero-order valence-electron chi connectivity index (χ0n) is 12.4. The van der Waals surface area contributed by atoms with Gasteiger partial charge in [0.25, 0.3) is 0 Å². The molecule has 0 atom stereocenters. The van der Waals surface area contributed by atoms with E-state index in [2.05, 4.69) is 10.1 Å². The molecule has 6 heteroatoms. The molecule has 0 N–H and O–H groups in total. The molecule has 0 aromatic carbocycles. The van der Waals surface area contributed by atoms with Crippen molar-refractivity contribution in [3.63, 3.8) is 0 Å². The number of hydrogen-bond acceptors (Lipinski definition) is 5. The quantitative estimate of drug-likeness (QED) is 0.860. The molecule has 1 aliphatic heterocycles. The summed E-state index contributed by atoms with van der Waals surface area (Å²) in [6, 6.07) is 1.69. The Kier molecular flexibility index (Phi) is 3.51. The van der Waals surface area contributed by atoms with Gasteiger partial charge in [-0.25, -0.2) is 8.42 Å². The first-order valence-corrected chi connectivity index (χ1v) is 9.06. The minimum Gasteiger partial charge on any atom is -0.389 e. The molecule has 3 rings (SSSR count). The Balaban J connectivity index is 1.92. The van der Waals surface area contributed by atoms with Gasteiger partial charge in [-0.1, -0.05) is 12.1 Å². The van der Waals surface area contributed by atoms with Gasteiger partial charge in [-0.05, 0) is 38.7 Å². The first-order chi connectivity index (χ1) is 9.96. The fourth-order valence-electron chi connectivity index (χ4n) is 3.10. The first-order valence-electron chi connectivity index (χ1n) is 7.41. The second-order valence-electron chi connectivity index (χ2n) is 5.91. The summed E-state index contributed by atoms with van der Waals surface area (Å²) < 4.78 is 24.3. The minimum atomic E-state index is -3.27. The van der Waals surface area contributed by atoms with E-state index in [0.29, 0.717) is 10.6 Å². The van der Waals surface area contributed by atoms with Gasteiger partial charge < -0.3 is 4.84 Å². The molecule has 0 saturated heterocycles. The summed E-state index contributed by atoms with van der Waals surface area (Å²) in [6.45, 7) is 3.36. The molecule has 1 saturated carbocycles. The molecule has 1 fully saturated rings. The fraction of sp³-hybridized carbons (Fsp3) is 0.600. The average Bonchev–Trinajstić information content (AvgIpc) is 3.10. The molecule has 2 aliphatic rings. The van der Waals surface area contributed by atoms with Crippen LogP contribution in [0.25, 0.3) is 0 Å². The zero-order chi connectivity index (χ0) is 15.1. The predicted octanol–water partition coefficient (Wildman–Crippen LogP) is 2.62. The standard InChI is InChI=1S/C15H20N2O3S/c1-3-21(18,19)14-8-12(10-16-11(14)2)13-9-15(20-17-13)6-4-5-7-15/h8,10H,3-7,9H2,1-2H3. The van der Waals surface area contributed by atoms with Gasteiger partial charge in [-0.2, -0.15) is 0 Å². The van der Waals surface area contributed by atoms with Crippen LogP contribution in [0.5, 0.6) is 0 Å². The zero-order valence-corrected chi connectivity index (χ0v) is 13.2. The molecule has 2 heterocycles. The second kappa shape index (κ2) is 5.09. The van der Waals surface area contributed by atoms with Crippen LogP contribution in [0.4, 0.5) is 0 Å². The number of hydrogen-bond donors (Lipinski definition) is 0. The van der Waals surface area contributed by atoms with Crippen LogP contribution in [0.15, 0.2) is 22.3 Å². The van der Waals surface area contributed by atoms with Crippen LogP contribution >= 0.6 is 0 Å². The number of pyridine rings is 1. The van der Waals surface area contributed by atoms with E-state index in [4.69, 9.17) is 4.84 Å². The van der Waals surface area contributed by atoms with Gasteiger partial charge in [0.05, 0.1) is 22.1 Å². The predicted molar refractivity (Wildman–Crippen MR) is 80.1 cm³/mol. The van der Waals surface area contributed by atoms with Gasteiger partial charge >= 0.3 is 0 Å². The average molecular weight is 308 g/mol. The van der Waals surface area contributed by atoms with Gasteiger partial charge in [0.15, 0.2) is 9.84 Å². The maximum Gasteiger partial charge on any atom is 0.179 e. The van der Waals surface area contributed by atoms with Crippen molar-refractivity contribution in [3.8, 4) is 0 Å². The molecule has 0 bridgehead atoms. The Morgan fingerprint density at radius 3 is 2.71 bits per heavy atom. The topological polar surface area (TPSA) is 68.6 Å². The maximum absolute atomic E-state index is 12.1. The Morgan fingerprint density at radius 1 is 1.33 bits per heavy atom. The van der Waals surface area contributed by atoms with Gasteiger partial charge in [-0.3, -0.25) is 4.98 Å². The molecule has 0 unspecified atom stereocenters. The van der Waals surface area contributed by atoms with Gasteiger partial charge in [-0.15, -0.1) is 0 Å². The summed E-state index contributed by atoms with van der Waals surface area (Å²) in [5, 5.41) is 4.20. The lowest BCUT2D eigenvalue weighted by atomic mass is 9.93. The van der Waals surface area contributed by atoms with Crippen LogP contribution in [0.2, 0.25) is 0 Å². The molecule has 1 aromatic heterocycles. The third-order valence-corrected chi connectivity index (χ3v) is 6.29. The summed E-state index contributed by atoms with van der Waals surface area (Å²) in [4.78, 5) is 10.2. The van der Waals surface area contributed by atoms with Crippen LogP contribution in [0, 0.1) is 6.92 Å². The maximum atomic E-state index is 12.1. The van der Waals surface area contributed by atoms with E-state index in [1.807, 2.05) is 0 Å². The Morgan fingerprint density at radius 2 is 2.05 bits per heavy atom. The summed E-state index contributed by atoms with van der Waals surface area (Å²) >= 11 is 0. The molecular weight excluding hydrogens is 288 g/mol. The van der Waals surface area contributed by atoms with Gasteiger partial charge in [0.1, 0.15) is 5.60 Å². The summed E-state index contributed by atoms with van der Waals surface area (Å²) in [5.74, 6) is 0.0753. The van der Waals surface area contributed by atoms with E-state index in [1.54, 1.807) is 26.1 Å². The van der Waals surface area contributed by atoms with E-state index in [-0.39, 0.29) is 11.4 Å². The van der Waals surface area contributed by atoms with E-state index in [1.165, 1.54) is 12.8 Å². The Hall–Kier alpha value is -1.43. The first kappa shape index (κ1) is 14.5. The highest BCUT2D eigenvalue weighted by Gasteiger charge is 2.42. The van der Waals surface area contributed by atoms with Crippen LogP contribution in [0.1, 0.15) is 50.3 Å². The molecule has 5 nitrogen and oxygen atoms in total. The highest BCUT2D eigenvalue weighted by atomic mass is 32.2. The van der Waals surface area contributed by atoms with Crippen LogP contribution < -0.4 is 0 Å². The Bertz CT molecular complexity index is 689. The van der Waals surface area contributed by atoms with Crippen molar-refractivity contribution in [1.82, 2.24) is 4.98 Å². The molecule has 1 spiro atoms. The van der Waals surface area contributed by atoms with E-state index in [0.717, 1.165) is 30.5 Å². The monoisotopic (exact) mass is 308 g/mol. The molecular formula is C15H20N2O3S. The lowest BCUT2D eigenvalue weighted by molar-refractivity contribution is -0.0126. The second-order valence-corrected chi connectivity index (χ2v) is 8.15. The van der Waals surface area contributed by atoms with Crippen molar-refractivity contribution in [2.45, 2.75) is 56.4 Å². The number of rotatable bonds is 3. The van der Waals surface area contributed by atoms with Crippen molar-refractivity contribution in [2.75, 3.05) is 5.75 Å². The SMILES string of the molecule is CCS(=O)(=O)c1cc(C2=NOC3(CCCC3)C2)cnc1C. The number of aryl methyl sites for hydroxylation is 1. The summed E-state index contributed by atoms with van der Waals surface area (Å²) in [6.07, 6.45) is 6.84. The molecule has 114 valence electrons. The highest BCUT2D eigenvalue weighted by molar-refractivity contribution is 7.91. The summed E-state index contributed by atoms with van der Waals surface area (Å²) in [5.41, 5.74) is 1.97. The molecule has 1 aliphatic carbocycles.